The van der Waals surface area contributed by atoms with Crippen molar-refractivity contribution in [3.63, 3.8) is 0 Å². The Bertz CT molecular complexity index is 936. The highest BCUT2D eigenvalue weighted by atomic mass is 35.5. The highest BCUT2D eigenvalue weighted by Crippen LogP contribution is 2.35. The summed E-state index contributed by atoms with van der Waals surface area (Å²) >= 11 is 12.4. The van der Waals surface area contributed by atoms with Gasteiger partial charge in [-0.3, -0.25) is 4.90 Å². The normalized spacial score (nSPS) is 27.4. The van der Waals surface area contributed by atoms with E-state index in [0.717, 1.165) is 62.9 Å². The van der Waals surface area contributed by atoms with Gasteiger partial charge in [0.2, 0.25) is 0 Å². The first-order chi connectivity index (χ1) is 14.5. The first-order valence-corrected chi connectivity index (χ1v) is 11.6. The molecule has 6 heteroatoms. The molecule has 0 saturated carbocycles. The van der Waals surface area contributed by atoms with E-state index >= 15 is 0 Å². The van der Waals surface area contributed by atoms with Crippen LogP contribution in [0, 0.1) is 5.92 Å². The predicted molar refractivity (Wildman–Crippen MR) is 120 cm³/mol. The zero-order valence-electron chi connectivity index (χ0n) is 16.9. The van der Waals surface area contributed by atoms with E-state index in [2.05, 4.69) is 28.4 Å². The standard InChI is InChI=1S/C24H26Cl2N2O2/c25-19-11-18(12-20(26)13-19)16-4-5-21-17(10-16)2-1-3-22(21)27-24(29)30-23-14-28-8-6-15(23)7-9-28/h4-5,10-13,15,22-23H,1-3,6-9,14H2,(H,27,29)/t22?,23-/m0/s1. The number of piperidine rings is 3. The molecule has 3 aliphatic heterocycles. The molecule has 0 aromatic heterocycles. The van der Waals surface area contributed by atoms with Gasteiger partial charge in [0.25, 0.3) is 0 Å². The molecule has 2 atom stereocenters. The fraction of sp³-hybridized carbons (Fsp3) is 0.458. The van der Waals surface area contributed by atoms with Crippen molar-refractivity contribution in [1.82, 2.24) is 10.2 Å². The smallest absolute Gasteiger partial charge is 0.407 e. The lowest BCUT2D eigenvalue weighted by Gasteiger charge is -2.44. The monoisotopic (exact) mass is 444 g/mol. The number of ether oxygens (including phenoxy) is 1. The third-order valence-corrected chi connectivity index (χ3v) is 7.24. The van der Waals surface area contributed by atoms with Crippen molar-refractivity contribution in [2.24, 2.45) is 5.92 Å². The number of hydrogen-bond acceptors (Lipinski definition) is 3. The lowest BCUT2D eigenvalue weighted by Crippen LogP contribution is -2.52. The van der Waals surface area contributed by atoms with Crippen LogP contribution in [0.3, 0.4) is 0 Å². The Labute approximate surface area is 187 Å². The molecule has 4 nitrogen and oxygen atoms in total. The van der Waals surface area contributed by atoms with Crippen molar-refractivity contribution in [3.8, 4) is 11.1 Å². The number of amides is 1. The summed E-state index contributed by atoms with van der Waals surface area (Å²) in [4.78, 5) is 15.0. The molecule has 0 spiro atoms. The summed E-state index contributed by atoms with van der Waals surface area (Å²) in [6.45, 7) is 3.16. The van der Waals surface area contributed by atoms with Gasteiger partial charge in [-0.25, -0.2) is 4.79 Å². The molecular weight excluding hydrogens is 419 g/mol. The second kappa shape index (κ2) is 8.41. The number of alkyl carbamates (subject to hydrolysis) is 1. The highest BCUT2D eigenvalue weighted by molar-refractivity contribution is 6.35. The predicted octanol–water partition coefficient (Wildman–Crippen LogP) is 5.86. The molecule has 1 N–H and O–H groups in total. The van der Waals surface area contributed by atoms with E-state index in [0.29, 0.717) is 16.0 Å². The van der Waals surface area contributed by atoms with Crippen LogP contribution in [0.25, 0.3) is 11.1 Å². The fourth-order valence-corrected chi connectivity index (χ4v) is 5.75. The third kappa shape index (κ3) is 4.18. The van der Waals surface area contributed by atoms with Gasteiger partial charge in [-0.2, -0.15) is 0 Å². The lowest BCUT2D eigenvalue weighted by molar-refractivity contribution is -0.0340. The second-order valence-corrected chi connectivity index (χ2v) is 9.62. The van der Waals surface area contributed by atoms with Crippen molar-refractivity contribution >= 4 is 29.3 Å². The van der Waals surface area contributed by atoms with Gasteiger partial charge in [0.1, 0.15) is 6.10 Å². The topological polar surface area (TPSA) is 41.6 Å². The Morgan fingerprint density at radius 2 is 1.77 bits per heavy atom. The van der Waals surface area contributed by atoms with Gasteiger partial charge in [0, 0.05) is 16.6 Å². The molecule has 3 saturated heterocycles. The molecule has 30 heavy (non-hydrogen) atoms. The largest absolute Gasteiger partial charge is 0.445 e. The van der Waals surface area contributed by atoms with Crippen LogP contribution in [0.15, 0.2) is 36.4 Å². The Morgan fingerprint density at radius 1 is 1.00 bits per heavy atom. The second-order valence-electron chi connectivity index (χ2n) is 8.74. The summed E-state index contributed by atoms with van der Waals surface area (Å²) < 4.78 is 5.84. The van der Waals surface area contributed by atoms with Crippen LogP contribution < -0.4 is 5.32 Å². The van der Waals surface area contributed by atoms with Crippen LogP contribution >= 0.6 is 23.2 Å². The Kier molecular flexibility index (Phi) is 5.65. The first kappa shape index (κ1) is 20.2. The minimum atomic E-state index is -0.280. The zero-order valence-corrected chi connectivity index (χ0v) is 18.4. The molecule has 1 unspecified atom stereocenters. The number of fused-ring (bicyclic) bond motifs is 4. The summed E-state index contributed by atoms with van der Waals surface area (Å²) in [6.07, 6.45) is 5.01. The Hall–Kier alpha value is -1.75. The van der Waals surface area contributed by atoms with Gasteiger partial charge >= 0.3 is 6.09 Å². The molecule has 3 fully saturated rings. The average molecular weight is 445 g/mol. The number of carbonyl (C=O) groups excluding carboxylic acids is 1. The third-order valence-electron chi connectivity index (χ3n) is 6.80. The number of hydrogen-bond donors (Lipinski definition) is 1. The maximum atomic E-state index is 12.6. The SMILES string of the molecule is O=C(NC1CCCc2cc(-c3cc(Cl)cc(Cl)c3)ccc21)O[C@H]1CN2CCC1CC2. The molecule has 158 valence electrons. The van der Waals surface area contributed by atoms with Crippen LogP contribution in [0.1, 0.15) is 42.9 Å². The summed E-state index contributed by atoms with van der Waals surface area (Å²) in [5.74, 6) is 0.520. The van der Waals surface area contributed by atoms with Crippen LogP contribution in [0.2, 0.25) is 10.0 Å². The molecule has 2 bridgehead atoms. The number of rotatable bonds is 3. The molecule has 3 heterocycles. The minimum absolute atomic E-state index is 0.000617. The molecule has 1 aliphatic carbocycles. The Morgan fingerprint density at radius 3 is 2.47 bits per heavy atom. The maximum absolute atomic E-state index is 12.6. The summed E-state index contributed by atoms with van der Waals surface area (Å²) in [7, 11) is 0. The molecule has 4 aliphatic rings. The van der Waals surface area contributed by atoms with E-state index in [-0.39, 0.29) is 18.2 Å². The lowest BCUT2D eigenvalue weighted by atomic mass is 9.85. The van der Waals surface area contributed by atoms with Crippen LogP contribution in [0.4, 0.5) is 4.79 Å². The number of halogens is 2. The summed E-state index contributed by atoms with van der Waals surface area (Å²) in [6, 6.07) is 12.0. The quantitative estimate of drug-likeness (QED) is 0.644. The highest BCUT2D eigenvalue weighted by Gasteiger charge is 2.37. The molecule has 0 radical (unpaired) electrons. The van der Waals surface area contributed by atoms with Crippen LogP contribution in [-0.4, -0.2) is 36.7 Å². The van der Waals surface area contributed by atoms with Gasteiger partial charge in [-0.15, -0.1) is 0 Å². The van der Waals surface area contributed by atoms with E-state index in [1.807, 2.05) is 12.1 Å². The van der Waals surface area contributed by atoms with Crippen molar-refractivity contribution in [2.45, 2.75) is 44.2 Å². The fourth-order valence-electron chi connectivity index (χ4n) is 5.22. The zero-order chi connectivity index (χ0) is 20.7. The van der Waals surface area contributed by atoms with E-state index in [1.54, 1.807) is 6.07 Å². The molecule has 6 rings (SSSR count). The minimum Gasteiger partial charge on any atom is -0.445 e. The van der Waals surface area contributed by atoms with Gasteiger partial charge in [-0.05, 0) is 91.6 Å². The number of carbonyl (C=O) groups is 1. The number of nitrogens with one attached hydrogen (secondary N) is 1. The van der Waals surface area contributed by atoms with E-state index < -0.39 is 0 Å². The Balaban J connectivity index is 1.30. The maximum Gasteiger partial charge on any atom is 0.407 e. The summed E-state index contributed by atoms with van der Waals surface area (Å²) in [5.41, 5.74) is 4.55. The number of benzene rings is 2. The summed E-state index contributed by atoms with van der Waals surface area (Å²) in [5, 5.41) is 4.40. The number of aryl methyl sites for hydroxylation is 1. The van der Waals surface area contributed by atoms with Crippen molar-refractivity contribution in [3.05, 3.63) is 57.6 Å². The van der Waals surface area contributed by atoms with Gasteiger partial charge in [0.15, 0.2) is 0 Å². The van der Waals surface area contributed by atoms with E-state index in [1.165, 1.54) is 11.1 Å². The van der Waals surface area contributed by atoms with Crippen molar-refractivity contribution in [2.75, 3.05) is 19.6 Å². The molecule has 2 aromatic rings. The van der Waals surface area contributed by atoms with Crippen LogP contribution in [0.5, 0.6) is 0 Å². The van der Waals surface area contributed by atoms with E-state index in [4.69, 9.17) is 27.9 Å². The molecular formula is C24H26Cl2N2O2. The number of nitrogens with zero attached hydrogens (tertiary/aromatic N) is 1. The van der Waals surface area contributed by atoms with Crippen LogP contribution in [-0.2, 0) is 11.2 Å². The van der Waals surface area contributed by atoms with E-state index in [9.17, 15) is 4.79 Å². The van der Waals surface area contributed by atoms with Gasteiger partial charge < -0.3 is 10.1 Å². The van der Waals surface area contributed by atoms with Gasteiger partial charge in [0.05, 0.1) is 6.04 Å². The molecule has 1 amide bonds. The first-order valence-electron chi connectivity index (χ1n) is 10.8. The average Bonchev–Trinajstić information content (AvgIpc) is 2.74. The van der Waals surface area contributed by atoms with Crippen molar-refractivity contribution in [1.29, 1.82) is 0 Å². The molecule has 2 aromatic carbocycles. The van der Waals surface area contributed by atoms with Gasteiger partial charge in [-0.1, -0.05) is 41.4 Å². The van der Waals surface area contributed by atoms with Crippen molar-refractivity contribution < 1.29 is 9.53 Å².